The summed E-state index contributed by atoms with van der Waals surface area (Å²) in [4.78, 5) is 16.2. The van der Waals surface area contributed by atoms with Crippen LogP contribution in [-0.2, 0) is 16.1 Å². The van der Waals surface area contributed by atoms with Crippen LogP contribution in [0.5, 0.6) is 11.5 Å². The third kappa shape index (κ3) is 4.58. The summed E-state index contributed by atoms with van der Waals surface area (Å²) in [5.74, 6) is 1.66. The molecule has 1 aromatic heterocycles. The first-order valence-corrected chi connectivity index (χ1v) is 8.14. The smallest absolute Gasteiger partial charge is 0.307 e. The van der Waals surface area contributed by atoms with Gasteiger partial charge in [-0.3, -0.25) is 9.78 Å². The number of ether oxygens (including phenoxy) is 3. The van der Waals surface area contributed by atoms with Gasteiger partial charge in [0.1, 0.15) is 0 Å². The van der Waals surface area contributed by atoms with Crippen LogP contribution < -0.4 is 14.8 Å². The van der Waals surface area contributed by atoms with Crippen LogP contribution in [0.3, 0.4) is 0 Å². The predicted molar refractivity (Wildman–Crippen MR) is 86.6 cm³/mol. The molecule has 1 unspecified atom stereocenters. The van der Waals surface area contributed by atoms with Gasteiger partial charge in [0.25, 0.3) is 0 Å². The average molecular weight is 322 g/mol. The molecular weight excluding hydrogens is 296 g/mol. The van der Waals surface area contributed by atoms with Crippen molar-refractivity contribution in [1.29, 1.82) is 0 Å². The van der Waals surface area contributed by atoms with E-state index in [1.165, 1.54) is 6.42 Å². The van der Waals surface area contributed by atoms with Gasteiger partial charge in [-0.25, -0.2) is 0 Å². The molecule has 23 heavy (non-hydrogen) atoms. The largest absolute Gasteiger partial charge is 0.493 e. The lowest BCUT2D eigenvalue weighted by molar-refractivity contribution is -0.144. The molecule has 0 amide bonds. The normalized spacial score (nSPS) is 15.6. The van der Waals surface area contributed by atoms with E-state index >= 15 is 0 Å². The molecule has 6 nitrogen and oxygen atoms in total. The van der Waals surface area contributed by atoms with Crippen molar-refractivity contribution in [2.45, 2.75) is 45.2 Å². The molecule has 0 aliphatic heterocycles. The number of nitrogens with zero attached hydrogens (tertiary/aromatic N) is 1. The van der Waals surface area contributed by atoms with E-state index in [0.717, 1.165) is 18.5 Å². The minimum atomic E-state index is -0.150. The van der Waals surface area contributed by atoms with Gasteiger partial charge in [0.05, 0.1) is 32.9 Å². The average Bonchev–Trinajstić information content (AvgIpc) is 2.50. The Hall–Kier alpha value is -1.82. The van der Waals surface area contributed by atoms with Gasteiger partial charge in [-0.05, 0) is 25.7 Å². The van der Waals surface area contributed by atoms with Gasteiger partial charge in [-0.15, -0.1) is 0 Å². The van der Waals surface area contributed by atoms with Gasteiger partial charge >= 0.3 is 5.97 Å². The first-order valence-electron chi connectivity index (χ1n) is 8.14. The van der Waals surface area contributed by atoms with Crippen molar-refractivity contribution in [3.8, 4) is 11.5 Å². The number of pyridine rings is 1. The molecule has 1 atom stereocenters. The number of esters is 1. The second-order valence-electron chi connectivity index (χ2n) is 5.68. The second kappa shape index (κ2) is 8.72. The van der Waals surface area contributed by atoms with Gasteiger partial charge in [0, 0.05) is 24.8 Å². The third-order valence-corrected chi connectivity index (χ3v) is 4.31. The number of methoxy groups -OCH3 is 2. The summed E-state index contributed by atoms with van der Waals surface area (Å²) >= 11 is 0. The fourth-order valence-electron chi connectivity index (χ4n) is 2.85. The van der Waals surface area contributed by atoms with Crippen LogP contribution >= 0.6 is 0 Å². The number of aromatic nitrogens is 1. The number of nitrogens with one attached hydrogen (secondary N) is 1. The van der Waals surface area contributed by atoms with E-state index in [0.29, 0.717) is 37.0 Å². The molecule has 1 N–H and O–H groups in total. The minimum absolute atomic E-state index is 0.112. The Balaban J connectivity index is 2.01. The summed E-state index contributed by atoms with van der Waals surface area (Å²) < 4.78 is 15.8. The Bertz CT molecular complexity index is 517. The van der Waals surface area contributed by atoms with Crippen LogP contribution in [0, 0.1) is 5.92 Å². The van der Waals surface area contributed by atoms with Crippen molar-refractivity contribution >= 4 is 5.97 Å². The first-order chi connectivity index (χ1) is 11.2. The maximum atomic E-state index is 11.8. The van der Waals surface area contributed by atoms with Crippen molar-refractivity contribution in [2.24, 2.45) is 5.92 Å². The molecule has 1 aliphatic rings. The Morgan fingerprint density at radius 3 is 2.74 bits per heavy atom. The lowest BCUT2D eigenvalue weighted by Crippen LogP contribution is -2.41. The van der Waals surface area contributed by atoms with Gasteiger partial charge in [0.2, 0.25) is 0 Å². The van der Waals surface area contributed by atoms with Gasteiger partial charge in [-0.2, -0.15) is 0 Å². The number of carbonyl (C=O) groups excluding carboxylic acids is 1. The van der Waals surface area contributed by atoms with E-state index in [9.17, 15) is 4.79 Å². The topological polar surface area (TPSA) is 69.7 Å². The highest BCUT2D eigenvalue weighted by Gasteiger charge is 2.29. The highest BCUT2D eigenvalue weighted by atomic mass is 16.5. The summed E-state index contributed by atoms with van der Waals surface area (Å²) in [6.07, 6.45) is 5.62. The van der Waals surface area contributed by atoms with Crippen molar-refractivity contribution in [2.75, 3.05) is 20.8 Å². The maximum absolute atomic E-state index is 11.8. The van der Waals surface area contributed by atoms with Crippen molar-refractivity contribution < 1.29 is 19.0 Å². The maximum Gasteiger partial charge on any atom is 0.307 e. The molecule has 0 aromatic carbocycles. The standard InChI is InChI=1S/C17H26N2O4/c1-4-23-16(20)10-13(12-6-5-7-12)19-11-14-17(22-3)15(21-2)8-9-18-14/h8-9,12-13,19H,4-7,10-11H2,1-3H3. The molecule has 1 aromatic rings. The van der Waals surface area contributed by atoms with E-state index in [1.807, 2.05) is 6.92 Å². The number of hydrogen-bond acceptors (Lipinski definition) is 6. The number of rotatable bonds is 9. The molecule has 2 rings (SSSR count). The van der Waals surface area contributed by atoms with E-state index in [2.05, 4.69) is 10.3 Å². The fraction of sp³-hybridized carbons (Fsp3) is 0.647. The van der Waals surface area contributed by atoms with Crippen molar-refractivity contribution in [1.82, 2.24) is 10.3 Å². The van der Waals surface area contributed by atoms with Gasteiger partial charge < -0.3 is 19.5 Å². The molecular formula is C17H26N2O4. The van der Waals surface area contributed by atoms with Crippen LogP contribution in [0.25, 0.3) is 0 Å². The molecule has 1 saturated carbocycles. The molecule has 1 aliphatic carbocycles. The summed E-state index contributed by atoms with van der Waals surface area (Å²) in [6, 6.07) is 1.88. The Morgan fingerprint density at radius 1 is 1.39 bits per heavy atom. The van der Waals surface area contributed by atoms with E-state index < -0.39 is 0 Å². The summed E-state index contributed by atoms with van der Waals surface area (Å²) in [7, 11) is 3.21. The quantitative estimate of drug-likeness (QED) is 0.704. The zero-order chi connectivity index (χ0) is 16.7. The predicted octanol–water partition coefficient (Wildman–Crippen LogP) is 2.31. The fourth-order valence-corrected chi connectivity index (χ4v) is 2.85. The van der Waals surface area contributed by atoms with Gasteiger partial charge in [-0.1, -0.05) is 6.42 Å². The first kappa shape index (κ1) is 17.5. The molecule has 0 radical (unpaired) electrons. The molecule has 1 heterocycles. The summed E-state index contributed by atoms with van der Waals surface area (Å²) in [5, 5.41) is 3.45. The molecule has 0 bridgehead atoms. The zero-order valence-corrected chi connectivity index (χ0v) is 14.1. The summed E-state index contributed by atoms with van der Waals surface area (Å²) in [6.45, 7) is 2.77. The Labute approximate surface area is 137 Å². The third-order valence-electron chi connectivity index (χ3n) is 4.31. The van der Waals surface area contributed by atoms with Crippen LogP contribution in [0.4, 0.5) is 0 Å². The molecule has 128 valence electrons. The van der Waals surface area contributed by atoms with Crippen molar-refractivity contribution in [3.63, 3.8) is 0 Å². The highest BCUT2D eigenvalue weighted by Crippen LogP contribution is 2.32. The van der Waals surface area contributed by atoms with E-state index in [-0.39, 0.29) is 12.0 Å². The Morgan fingerprint density at radius 2 is 2.17 bits per heavy atom. The summed E-state index contributed by atoms with van der Waals surface area (Å²) in [5.41, 5.74) is 0.778. The molecule has 6 heteroatoms. The van der Waals surface area contributed by atoms with Crippen LogP contribution in [-0.4, -0.2) is 37.8 Å². The number of hydrogen-bond donors (Lipinski definition) is 1. The molecule has 0 saturated heterocycles. The second-order valence-corrected chi connectivity index (χ2v) is 5.68. The van der Waals surface area contributed by atoms with Crippen LogP contribution in [0.2, 0.25) is 0 Å². The van der Waals surface area contributed by atoms with E-state index in [4.69, 9.17) is 14.2 Å². The van der Waals surface area contributed by atoms with Crippen LogP contribution in [0.1, 0.15) is 38.3 Å². The van der Waals surface area contributed by atoms with E-state index in [1.54, 1.807) is 26.5 Å². The lowest BCUT2D eigenvalue weighted by atomic mass is 9.78. The number of carbonyl (C=O) groups is 1. The zero-order valence-electron chi connectivity index (χ0n) is 14.1. The SMILES string of the molecule is CCOC(=O)CC(NCc1nccc(OC)c1OC)C1CCC1. The molecule has 0 spiro atoms. The lowest BCUT2D eigenvalue weighted by Gasteiger charge is -2.34. The monoisotopic (exact) mass is 322 g/mol. The van der Waals surface area contributed by atoms with Crippen LogP contribution in [0.15, 0.2) is 12.3 Å². The van der Waals surface area contributed by atoms with Gasteiger partial charge in [0.15, 0.2) is 11.5 Å². The highest BCUT2D eigenvalue weighted by molar-refractivity contribution is 5.70. The molecule has 1 fully saturated rings. The minimum Gasteiger partial charge on any atom is -0.493 e. The van der Waals surface area contributed by atoms with Crippen molar-refractivity contribution in [3.05, 3.63) is 18.0 Å². The Kier molecular flexibility index (Phi) is 6.65.